The molecule has 0 aromatic carbocycles. The Morgan fingerprint density at radius 1 is 1.61 bits per heavy atom. The van der Waals surface area contributed by atoms with Crippen LogP contribution in [-0.2, 0) is 13.5 Å². The molecule has 0 atom stereocenters. The molecule has 2 rings (SSSR count). The molecule has 3 N–H and O–H groups in total. The van der Waals surface area contributed by atoms with Crippen molar-refractivity contribution in [2.24, 2.45) is 7.05 Å². The maximum Gasteiger partial charge on any atom is 0.320 e. The Kier molecular flexibility index (Phi) is 3.56. The van der Waals surface area contributed by atoms with Gasteiger partial charge < -0.3 is 10.4 Å². The average molecular weight is 252 g/mol. The Balaban J connectivity index is 1.84. The minimum Gasteiger partial charge on any atom is -0.388 e. The molecule has 18 heavy (non-hydrogen) atoms. The molecule has 1 heterocycles. The third-order valence-corrected chi connectivity index (χ3v) is 3.40. The number of rotatable bonds is 4. The van der Waals surface area contributed by atoms with Gasteiger partial charge in [-0.25, -0.2) is 4.79 Å². The van der Waals surface area contributed by atoms with Crippen molar-refractivity contribution in [1.29, 1.82) is 0 Å². The van der Waals surface area contributed by atoms with Gasteiger partial charge in [0, 0.05) is 19.7 Å². The van der Waals surface area contributed by atoms with Crippen LogP contribution in [0.25, 0.3) is 0 Å². The van der Waals surface area contributed by atoms with Crippen LogP contribution in [0.5, 0.6) is 0 Å². The van der Waals surface area contributed by atoms with Crippen LogP contribution in [0.1, 0.15) is 31.9 Å². The first kappa shape index (κ1) is 12.9. The maximum absolute atomic E-state index is 11.7. The zero-order valence-corrected chi connectivity index (χ0v) is 10.9. The van der Waals surface area contributed by atoms with E-state index in [1.54, 1.807) is 11.7 Å². The van der Waals surface area contributed by atoms with Gasteiger partial charge in [0.1, 0.15) is 5.82 Å². The predicted octanol–water partition coefficient (Wildman–Crippen LogP) is 1.02. The summed E-state index contributed by atoms with van der Waals surface area (Å²) in [5.74, 6) is 0.657. The zero-order chi connectivity index (χ0) is 13.2. The monoisotopic (exact) mass is 252 g/mol. The van der Waals surface area contributed by atoms with E-state index in [1.807, 2.05) is 13.0 Å². The highest BCUT2D eigenvalue weighted by atomic mass is 16.3. The lowest BCUT2D eigenvalue weighted by atomic mass is 9.80. The number of hydrogen-bond donors (Lipinski definition) is 3. The molecular formula is C12H20N4O2. The van der Waals surface area contributed by atoms with E-state index in [-0.39, 0.29) is 6.03 Å². The molecule has 2 amide bonds. The molecule has 0 aliphatic heterocycles. The summed E-state index contributed by atoms with van der Waals surface area (Å²) in [7, 11) is 1.79. The van der Waals surface area contributed by atoms with Crippen LogP contribution in [0, 0.1) is 0 Å². The van der Waals surface area contributed by atoms with Crippen LogP contribution in [0.15, 0.2) is 6.07 Å². The molecule has 1 saturated carbocycles. The van der Waals surface area contributed by atoms with Crippen LogP contribution in [0.4, 0.5) is 10.6 Å². The number of aryl methyl sites for hydroxylation is 2. The van der Waals surface area contributed by atoms with Gasteiger partial charge in [-0.2, -0.15) is 5.10 Å². The van der Waals surface area contributed by atoms with E-state index in [0.29, 0.717) is 12.4 Å². The highest BCUT2D eigenvalue weighted by Gasteiger charge is 2.34. The van der Waals surface area contributed by atoms with Crippen LogP contribution >= 0.6 is 0 Å². The number of nitrogens with one attached hydrogen (secondary N) is 2. The molecule has 0 bridgehead atoms. The Labute approximate surface area is 106 Å². The van der Waals surface area contributed by atoms with Crippen molar-refractivity contribution in [3.8, 4) is 0 Å². The highest BCUT2D eigenvalue weighted by Crippen LogP contribution is 2.30. The van der Waals surface area contributed by atoms with E-state index in [1.165, 1.54) is 0 Å². The van der Waals surface area contributed by atoms with Crippen LogP contribution in [-0.4, -0.2) is 33.1 Å². The molecule has 1 fully saturated rings. The van der Waals surface area contributed by atoms with Gasteiger partial charge in [-0.1, -0.05) is 6.92 Å². The number of anilines is 1. The molecule has 1 aliphatic carbocycles. The predicted molar refractivity (Wildman–Crippen MR) is 68.4 cm³/mol. The summed E-state index contributed by atoms with van der Waals surface area (Å²) in [5.41, 5.74) is 0.240. The van der Waals surface area contributed by atoms with E-state index in [9.17, 15) is 9.90 Å². The Hall–Kier alpha value is -1.56. The summed E-state index contributed by atoms with van der Waals surface area (Å²) in [5, 5.41) is 19.5. The van der Waals surface area contributed by atoms with Crippen molar-refractivity contribution in [3.63, 3.8) is 0 Å². The quantitative estimate of drug-likeness (QED) is 0.748. The number of aromatic nitrogens is 2. The molecule has 1 aromatic rings. The summed E-state index contributed by atoms with van der Waals surface area (Å²) >= 11 is 0. The number of hydrogen-bond acceptors (Lipinski definition) is 3. The second-order valence-electron chi connectivity index (χ2n) is 4.88. The summed E-state index contributed by atoms with van der Waals surface area (Å²) < 4.78 is 1.64. The first-order chi connectivity index (χ1) is 8.52. The summed E-state index contributed by atoms with van der Waals surface area (Å²) in [4.78, 5) is 11.7. The van der Waals surface area contributed by atoms with Crippen molar-refractivity contribution in [1.82, 2.24) is 15.1 Å². The number of carbonyl (C=O) groups excluding carboxylic acids is 1. The fourth-order valence-electron chi connectivity index (χ4n) is 1.98. The molecule has 1 aromatic heterocycles. The first-order valence-electron chi connectivity index (χ1n) is 6.32. The number of urea groups is 1. The maximum atomic E-state index is 11.7. The van der Waals surface area contributed by atoms with Crippen LogP contribution in [0.3, 0.4) is 0 Å². The molecule has 6 heteroatoms. The van der Waals surface area contributed by atoms with E-state index in [0.717, 1.165) is 31.4 Å². The van der Waals surface area contributed by atoms with E-state index < -0.39 is 5.60 Å². The van der Waals surface area contributed by atoms with Crippen molar-refractivity contribution >= 4 is 11.8 Å². The van der Waals surface area contributed by atoms with Gasteiger partial charge in [-0.3, -0.25) is 10.00 Å². The second-order valence-corrected chi connectivity index (χ2v) is 4.88. The lowest BCUT2D eigenvalue weighted by Crippen LogP contribution is -2.48. The Morgan fingerprint density at radius 3 is 2.83 bits per heavy atom. The zero-order valence-electron chi connectivity index (χ0n) is 10.9. The minimum absolute atomic E-state index is 0.303. The second kappa shape index (κ2) is 4.97. The molecule has 0 unspecified atom stereocenters. The largest absolute Gasteiger partial charge is 0.388 e. The van der Waals surface area contributed by atoms with Gasteiger partial charge >= 0.3 is 6.03 Å². The van der Waals surface area contributed by atoms with Gasteiger partial charge in [0.15, 0.2) is 0 Å². The summed E-state index contributed by atoms with van der Waals surface area (Å²) in [6, 6.07) is 1.54. The lowest BCUT2D eigenvalue weighted by Gasteiger charge is -2.36. The number of nitrogens with zero attached hydrogens (tertiary/aromatic N) is 2. The molecule has 0 radical (unpaired) electrons. The SMILES string of the molecule is CCc1cc(NC(=O)NCC2(O)CCC2)n(C)n1. The van der Waals surface area contributed by atoms with E-state index >= 15 is 0 Å². The molecular weight excluding hydrogens is 232 g/mol. The van der Waals surface area contributed by atoms with Gasteiger partial charge in [-0.15, -0.1) is 0 Å². The number of aliphatic hydroxyl groups is 1. The van der Waals surface area contributed by atoms with Crippen molar-refractivity contribution in [3.05, 3.63) is 11.8 Å². The summed E-state index contributed by atoms with van der Waals surface area (Å²) in [6.07, 6.45) is 3.39. The molecule has 0 saturated heterocycles. The average Bonchev–Trinajstić information content (AvgIpc) is 2.65. The van der Waals surface area contributed by atoms with Crippen molar-refractivity contribution in [2.45, 2.75) is 38.2 Å². The van der Waals surface area contributed by atoms with Crippen LogP contribution in [0.2, 0.25) is 0 Å². The molecule has 1 aliphatic rings. The number of amides is 2. The molecule has 100 valence electrons. The minimum atomic E-state index is -0.696. The van der Waals surface area contributed by atoms with Gasteiger partial charge in [0.05, 0.1) is 11.3 Å². The van der Waals surface area contributed by atoms with Crippen LogP contribution < -0.4 is 10.6 Å². The van der Waals surface area contributed by atoms with E-state index in [4.69, 9.17) is 0 Å². The summed E-state index contributed by atoms with van der Waals surface area (Å²) in [6.45, 7) is 2.32. The third-order valence-electron chi connectivity index (χ3n) is 3.40. The molecule has 0 spiro atoms. The normalized spacial score (nSPS) is 17.1. The fraction of sp³-hybridized carbons (Fsp3) is 0.667. The first-order valence-corrected chi connectivity index (χ1v) is 6.32. The van der Waals surface area contributed by atoms with Gasteiger partial charge in [-0.05, 0) is 25.7 Å². The van der Waals surface area contributed by atoms with E-state index in [2.05, 4.69) is 15.7 Å². The lowest BCUT2D eigenvalue weighted by molar-refractivity contribution is -0.0287. The standard InChI is InChI=1S/C12H20N4O2/c1-3-9-7-10(16(2)15-9)14-11(17)13-8-12(18)5-4-6-12/h7,18H,3-6,8H2,1-2H3,(H2,13,14,17). The molecule has 6 nitrogen and oxygen atoms in total. The topological polar surface area (TPSA) is 79.2 Å². The van der Waals surface area contributed by atoms with Crippen molar-refractivity contribution < 1.29 is 9.90 Å². The fourth-order valence-corrected chi connectivity index (χ4v) is 1.98. The smallest absolute Gasteiger partial charge is 0.320 e. The van der Waals surface area contributed by atoms with Crippen molar-refractivity contribution in [2.75, 3.05) is 11.9 Å². The van der Waals surface area contributed by atoms with Gasteiger partial charge in [0.2, 0.25) is 0 Å². The highest BCUT2D eigenvalue weighted by molar-refractivity contribution is 5.88. The third kappa shape index (κ3) is 2.81. The Bertz CT molecular complexity index is 437. The number of carbonyl (C=O) groups is 1. The van der Waals surface area contributed by atoms with Gasteiger partial charge in [0.25, 0.3) is 0 Å². The Morgan fingerprint density at radius 2 is 2.33 bits per heavy atom.